The topological polar surface area (TPSA) is 63.3 Å². The van der Waals surface area contributed by atoms with Crippen LogP contribution in [0.25, 0.3) is 0 Å². The van der Waals surface area contributed by atoms with Crippen LogP contribution in [0.4, 0.5) is 0 Å². The van der Waals surface area contributed by atoms with Crippen LogP contribution in [-0.4, -0.2) is 55.6 Å². The maximum absolute atomic E-state index is 12.7. The highest BCUT2D eigenvalue weighted by Crippen LogP contribution is 2.37. The van der Waals surface area contributed by atoms with Gasteiger partial charge in [-0.05, 0) is 24.8 Å². The molecule has 0 amide bonds. The fourth-order valence-corrected chi connectivity index (χ4v) is 3.91. The van der Waals surface area contributed by atoms with Crippen molar-refractivity contribution in [1.29, 1.82) is 0 Å². The van der Waals surface area contributed by atoms with Gasteiger partial charge in [0.05, 0.1) is 5.50 Å². The highest BCUT2D eigenvalue weighted by atomic mass is 35.5. The third kappa shape index (κ3) is 2.41. The molecule has 0 saturated heterocycles. The molecule has 2 atom stereocenters. The van der Waals surface area contributed by atoms with Gasteiger partial charge in [-0.15, -0.1) is 10.9 Å². The summed E-state index contributed by atoms with van der Waals surface area (Å²) < 4.78 is 0. The number of nitrogens with two attached hydrogens (primary N) is 1. The van der Waals surface area contributed by atoms with Gasteiger partial charge in [0.2, 0.25) is 0 Å². The zero-order chi connectivity index (χ0) is 16.2. The van der Waals surface area contributed by atoms with Crippen LogP contribution in [0.1, 0.15) is 24.8 Å². The fourth-order valence-electron chi connectivity index (χ4n) is 3.45. The van der Waals surface area contributed by atoms with Gasteiger partial charge in [0, 0.05) is 5.02 Å². The molecular weight excluding hydrogens is 280 g/mol. The molecule has 1 aliphatic carbocycles. The number of Topliss-reactive ketones (excluding diaryl/α,β-unsaturated/α-hetero) is 1. The number of halogens is 1. The lowest BCUT2D eigenvalue weighted by atomic mass is 9.57. The van der Waals surface area contributed by atoms with Gasteiger partial charge < -0.3 is 10.8 Å². The van der Waals surface area contributed by atoms with Crippen molar-refractivity contribution in [1.82, 2.24) is 0 Å². The van der Waals surface area contributed by atoms with Crippen molar-refractivity contribution >= 4 is 78.5 Å². The molecule has 3 nitrogen and oxygen atoms in total. The number of carbonyl (C=O) groups is 1. The predicted molar refractivity (Wildman–Crippen MR) is 102 cm³/mol. The average Bonchev–Trinajstić information content (AvgIpc) is 2.40. The minimum Gasteiger partial charge on any atom is -0.391 e. The second kappa shape index (κ2) is 5.25. The summed E-state index contributed by atoms with van der Waals surface area (Å²) in [5.41, 5.74) is 8.75. The lowest BCUT2D eigenvalue weighted by molar-refractivity contribution is -0.139. The molecule has 21 heavy (non-hydrogen) atoms. The molecule has 3 N–H and O–H groups in total. The van der Waals surface area contributed by atoms with Crippen LogP contribution in [0.3, 0.4) is 0 Å². The molecule has 1 aromatic rings. The monoisotopic (exact) mass is 299 g/mol. The van der Waals surface area contributed by atoms with Gasteiger partial charge in [0.25, 0.3) is 0 Å². The standard InChI is InChI=1S/C12H19B5ClNO2/c13-5-4(9(18)8(16)7(15)6(5)14)11(19)2-1-3-12(17,21)10(11)20/h21H,1-3,13-17,19H2. The number of hydrogen-bond acceptors (Lipinski definition) is 3. The first-order valence-corrected chi connectivity index (χ1v) is 7.74. The molecule has 2 rings (SSSR count). The molecule has 9 heteroatoms. The predicted octanol–water partition coefficient (Wildman–Crippen LogP) is -6.40. The maximum Gasteiger partial charge on any atom is 0.179 e. The second-order valence-corrected chi connectivity index (χ2v) is 6.99. The number of hydrogen-bond donors (Lipinski definition) is 2. The van der Waals surface area contributed by atoms with Gasteiger partial charge in [-0.2, -0.15) is 0 Å². The minimum absolute atomic E-state index is 0.325. The largest absolute Gasteiger partial charge is 0.391 e. The third-order valence-electron chi connectivity index (χ3n) is 5.19. The number of aliphatic hydroxyl groups is 1. The van der Waals surface area contributed by atoms with Gasteiger partial charge in [0.15, 0.2) is 13.6 Å². The minimum atomic E-state index is -1.38. The van der Waals surface area contributed by atoms with Crippen LogP contribution < -0.4 is 27.6 Å². The van der Waals surface area contributed by atoms with E-state index >= 15 is 0 Å². The summed E-state index contributed by atoms with van der Waals surface area (Å²) in [5.74, 6) is -0.325. The quantitative estimate of drug-likeness (QED) is 0.507. The molecule has 1 aromatic carbocycles. The van der Waals surface area contributed by atoms with E-state index in [9.17, 15) is 9.90 Å². The molecule has 106 valence electrons. The Hall–Kier alpha value is -0.575. The number of carbonyl (C=O) groups excluding carboxylic acids is 1. The molecule has 0 heterocycles. The molecule has 0 spiro atoms. The van der Waals surface area contributed by atoms with Crippen LogP contribution in [-0.2, 0) is 10.3 Å². The lowest BCUT2D eigenvalue weighted by Crippen LogP contribution is -2.63. The van der Waals surface area contributed by atoms with Gasteiger partial charge in [-0.3, -0.25) is 4.79 Å². The van der Waals surface area contributed by atoms with Crippen LogP contribution in [0.2, 0.25) is 5.02 Å². The Kier molecular flexibility index (Phi) is 4.20. The number of rotatable bonds is 1. The Morgan fingerprint density at radius 1 is 1.05 bits per heavy atom. The van der Waals surface area contributed by atoms with E-state index in [-0.39, 0.29) is 5.78 Å². The Morgan fingerprint density at radius 3 is 2.14 bits per heavy atom. The SMILES string of the molecule is Bc1c(B)c(B)c(C2(N)CCCC(B)(O)C2=O)c(Cl)c1B. The first kappa shape index (κ1) is 16.8. The van der Waals surface area contributed by atoms with E-state index in [2.05, 4.69) is 0 Å². The van der Waals surface area contributed by atoms with Crippen LogP contribution in [0.5, 0.6) is 0 Å². The number of benzene rings is 1. The maximum atomic E-state index is 12.7. The summed E-state index contributed by atoms with van der Waals surface area (Å²) >= 11 is 6.54. The zero-order valence-electron chi connectivity index (χ0n) is 13.4. The molecule has 0 aromatic heterocycles. The molecule has 0 aliphatic heterocycles. The summed E-state index contributed by atoms with van der Waals surface area (Å²) in [4.78, 5) is 12.7. The van der Waals surface area contributed by atoms with E-state index in [1.165, 1.54) is 0 Å². The normalized spacial score (nSPS) is 29.6. The summed E-state index contributed by atoms with van der Waals surface area (Å²) in [7, 11) is 9.49. The zero-order valence-corrected chi connectivity index (χ0v) is 14.2. The number of ketones is 1. The molecule has 1 fully saturated rings. The Labute approximate surface area is 135 Å². The highest BCUT2D eigenvalue weighted by Gasteiger charge is 2.50. The van der Waals surface area contributed by atoms with Crippen LogP contribution in [0.15, 0.2) is 0 Å². The van der Waals surface area contributed by atoms with Gasteiger partial charge >= 0.3 is 0 Å². The second-order valence-electron chi connectivity index (χ2n) is 6.62. The molecule has 0 bridgehead atoms. The first-order valence-electron chi connectivity index (χ1n) is 7.36. The third-order valence-corrected chi connectivity index (χ3v) is 5.66. The summed E-state index contributed by atoms with van der Waals surface area (Å²) in [5, 5.41) is 10.9. The van der Waals surface area contributed by atoms with Gasteiger partial charge in [-0.25, -0.2) is 0 Å². The van der Waals surface area contributed by atoms with Crippen molar-refractivity contribution in [3.05, 3.63) is 10.6 Å². The Balaban J connectivity index is 2.74. The van der Waals surface area contributed by atoms with Gasteiger partial charge in [0.1, 0.15) is 36.9 Å². The van der Waals surface area contributed by atoms with E-state index in [1.807, 2.05) is 31.4 Å². The summed E-state index contributed by atoms with van der Waals surface area (Å²) in [6, 6.07) is 0. The molecule has 1 saturated carbocycles. The van der Waals surface area contributed by atoms with E-state index in [1.54, 1.807) is 7.85 Å². The lowest BCUT2D eigenvalue weighted by Gasteiger charge is -2.42. The molecule has 2 unspecified atom stereocenters. The average molecular weight is 299 g/mol. The van der Waals surface area contributed by atoms with Crippen molar-refractivity contribution in [2.24, 2.45) is 5.73 Å². The highest BCUT2D eigenvalue weighted by molar-refractivity contribution is 6.65. The summed E-state index contributed by atoms with van der Waals surface area (Å²) in [6.07, 6.45) is 1.67. The molecule has 0 radical (unpaired) electrons. The van der Waals surface area contributed by atoms with Crippen molar-refractivity contribution < 1.29 is 9.90 Å². The first-order chi connectivity index (χ1) is 9.54. The fraction of sp³-hybridized carbons (Fsp3) is 0.417. The van der Waals surface area contributed by atoms with Crippen molar-refractivity contribution in [2.45, 2.75) is 30.3 Å². The smallest absolute Gasteiger partial charge is 0.179 e. The van der Waals surface area contributed by atoms with Gasteiger partial charge in [-0.1, -0.05) is 22.5 Å². The summed E-state index contributed by atoms with van der Waals surface area (Å²) in [6.45, 7) is 0. The van der Waals surface area contributed by atoms with Crippen molar-refractivity contribution in [2.75, 3.05) is 0 Å². The van der Waals surface area contributed by atoms with E-state index in [0.29, 0.717) is 29.8 Å². The molecule has 1 aliphatic rings. The van der Waals surface area contributed by atoms with Crippen molar-refractivity contribution in [3.63, 3.8) is 0 Å². The molecular formula is C12H19B5ClNO2. The Morgan fingerprint density at radius 2 is 1.57 bits per heavy atom. The van der Waals surface area contributed by atoms with E-state index in [4.69, 9.17) is 17.3 Å². The van der Waals surface area contributed by atoms with Crippen LogP contribution in [0, 0.1) is 0 Å². The van der Waals surface area contributed by atoms with Crippen LogP contribution >= 0.6 is 11.6 Å². The van der Waals surface area contributed by atoms with E-state index in [0.717, 1.165) is 21.9 Å². The van der Waals surface area contributed by atoms with Crippen molar-refractivity contribution in [3.8, 4) is 0 Å². The van der Waals surface area contributed by atoms with E-state index < -0.39 is 11.0 Å². The Bertz CT molecular complexity index is 608.